The first-order chi connectivity index (χ1) is 12.1. The van der Waals surface area contributed by atoms with E-state index in [2.05, 4.69) is 31.9 Å². The van der Waals surface area contributed by atoms with E-state index in [1.165, 1.54) is 6.07 Å². The summed E-state index contributed by atoms with van der Waals surface area (Å²) >= 11 is 29.3. The van der Waals surface area contributed by atoms with Crippen LogP contribution in [0.4, 0.5) is 0 Å². The largest absolute Gasteiger partial charge is 0.478 e. The number of hydrogen-bond donors (Lipinski definition) is 1. The van der Waals surface area contributed by atoms with Crippen molar-refractivity contribution in [3.05, 3.63) is 64.4 Å². The highest BCUT2D eigenvalue weighted by Gasteiger charge is 2.18. The quantitative estimate of drug-likeness (QED) is 0.310. The summed E-state index contributed by atoms with van der Waals surface area (Å²) in [6.07, 6.45) is 0. The molecule has 0 aliphatic heterocycles. The first kappa shape index (κ1) is 23.5. The van der Waals surface area contributed by atoms with Gasteiger partial charge in [-0.25, -0.2) is 9.59 Å². The lowest BCUT2D eigenvalue weighted by molar-refractivity contribution is 0.0526. The second-order valence-corrected chi connectivity index (χ2v) is 7.74. The molecule has 0 amide bonds. The zero-order valence-electron chi connectivity index (χ0n) is 13.0. The van der Waals surface area contributed by atoms with Crippen LogP contribution in [0.2, 0.25) is 20.1 Å². The van der Waals surface area contributed by atoms with Gasteiger partial charge in [-0.15, -0.1) is 0 Å². The van der Waals surface area contributed by atoms with E-state index in [9.17, 15) is 9.59 Å². The lowest BCUT2D eigenvalue weighted by Crippen LogP contribution is -2.06. The number of carbonyl (C=O) groups is 2. The lowest BCUT2D eigenvalue weighted by atomic mass is 10.2. The van der Waals surface area contributed by atoms with Crippen molar-refractivity contribution >= 4 is 90.2 Å². The highest BCUT2D eigenvalue weighted by molar-refractivity contribution is 9.10. The van der Waals surface area contributed by atoms with E-state index >= 15 is 0 Å². The molecule has 0 unspecified atom stereocenters. The molecule has 0 aliphatic rings. The molecule has 0 radical (unpaired) electrons. The van der Waals surface area contributed by atoms with E-state index < -0.39 is 11.9 Å². The Morgan fingerprint density at radius 3 is 1.73 bits per heavy atom. The number of carboxylic acid groups (broad SMARTS) is 1. The Kier molecular flexibility index (Phi) is 9.72. The molecule has 0 fully saturated rings. The van der Waals surface area contributed by atoms with Crippen molar-refractivity contribution in [3.63, 3.8) is 0 Å². The van der Waals surface area contributed by atoms with Gasteiger partial charge in [0.25, 0.3) is 0 Å². The minimum absolute atomic E-state index is 0.0762. The molecule has 2 aromatic carbocycles. The summed E-state index contributed by atoms with van der Waals surface area (Å²) in [6.45, 7) is 2.01. The first-order valence-electron chi connectivity index (χ1n) is 6.79. The van der Waals surface area contributed by atoms with Crippen LogP contribution >= 0.6 is 78.3 Å². The van der Waals surface area contributed by atoms with E-state index in [4.69, 9.17) is 56.2 Å². The summed E-state index contributed by atoms with van der Waals surface area (Å²) in [5.41, 5.74) is 0.122. The fourth-order valence-corrected chi connectivity index (χ4v) is 3.36. The summed E-state index contributed by atoms with van der Waals surface area (Å²) in [6, 6.07) is 6.33. The molecule has 0 aromatic heterocycles. The molecular formula is C16H10Br2Cl4O4. The molecule has 0 heterocycles. The maximum Gasteiger partial charge on any atom is 0.341 e. The van der Waals surface area contributed by atoms with Gasteiger partial charge >= 0.3 is 11.9 Å². The number of ether oxygens (including phenoxy) is 1. The fraction of sp³-hybridized carbons (Fsp3) is 0.125. The number of rotatable bonds is 3. The minimum atomic E-state index is -1.13. The van der Waals surface area contributed by atoms with E-state index in [1.807, 2.05) is 0 Å². The maximum atomic E-state index is 11.4. The molecule has 2 aromatic rings. The van der Waals surface area contributed by atoms with Gasteiger partial charge in [-0.1, -0.05) is 46.4 Å². The van der Waals surface area contributed by atoms with Crippen LogP contribution in [0.25, 0.3) is 0 Å². The molecule has 0 atom stereocenters. The highest BCUT2D eigenvalue weighted by atomic mass is 79.9. The van der Waals surface area contributed by atoms with Gasteiger partial charge in [0.2, 0.25) is 0 Å². The van der Waals surface area contributed by atoms with Gasteiger partial charge in [-0.3, -0.25) is 0 Å². The smallest absolute Gasteiger partial charge is 0.341 e. The Morgan fingerprint density at radius 2 is 1.35 bits per heavy atom. The predicted molar refractivity (Wildman–Crippen MR) is 111 cm³/mol. The van der Waals surface area contributed by atoms with Crippen LogP contribution in [0.1, 0.15) is 27.6 Å². The number of hydrogen-bond acceptors (Lipinski definition) is 3. The van der Waals surface area contributed by atoms with Crippen molar-refractivity contribution in [1.29, 1.82) is 0 Å². The number of esters is 1. The Morgan fingerprint density at radius 1 is 0.923 bits per heavy atom. The van der Waals surface area contributed by atoms with Crippen molar-refractivity contribution in [2.75, 3.05) is 6.61 Å². The van der Waals surface area contributed by atoms with Gasteiger partial charge in [-0.2, -0.15) is 0 Å². The van der Waals surface area contributed by atoms with E-state index in [-0.39, 0.29) is 37.8 Å². The van der Waals surface area contributed by atoms with Gasteiger partial charge in [0.15, 0.2) is 0 Å². The monoisotopic (exact) mass is 564 g/mol. The predicted octanol–water partition coefficient (Wildman–Crippen LogP) is 7.39. The molecule has 0 saturated carbocycles. The summed E-state index contributed by atoms with van der Waals surface area (Å²) in [7, 11) is 0. The second-order valence-electron chi connectivity index (χ2n) is 4.46. The van der Waals surface area contributed by atoms with Crippen molar-refractivity contribution in [2.45, 2.75) is 6.92 Å². The van der Waals surface area contributed by atoms with Crippen LogP contribution in [0.3, 0.4) is 0 Å². The van der Waals surface area contributed by atoms with E-state index in [0.29, 0.717) is 8.95 Å². The average molecular weight is 568 g/mol. The molecule has 140 valence electrons. The topological polar surface area (TPSA) is 63.6 Å². The number of carbonyl (C=O) groups excluding carboxylic acids is 1. The Bertz CT molecular complexity index is 843. The second kappa shape index (κ2) is 10.7. The van der Waals surface area contributed by atoms with Crippen molar-refractivity contribution in [3.8, 4) is 0 Å². The maximum absolute atomic E-state index is 11.4. The van der Waals surface area contributed by atoms with Gasteiger partial charge < -0.3 is 9.84 Å². The third kappa shape index (κ3) is 6.01. The number of carboxylic acids is 1. The summed E-state index contributed by atoms with van der Waals surface area (Å²) in [5, 5.41) is 9.50. The molecule has 0 aliphatic carbocycles. The standard InChI is InChI=1S/C9H7BrCl2O2.C7H3BrCl2O2/c1-2-14-9(13)7-6(11)4-3-5(10)8(7)12;8-3-1-2-4(9)5(6(3)10)7(11)12/h3-4H,2H2,1H3;1-2H,(H,11,12). The molecule has 1 N–H and O–H groups in total. The molecule has 0 spiro atoms. The molecule has 26 heavy (non-hydrogen) atoms. The normalized spacial score (nSPS) is 9.96. The molecule has 10 heteroatoms. The lowest BCUT2D eigenvalue weighted by Gasteiger charge is -2.07. The van der Waals surface area contributed by atoms with Crippen LogP contribution in [0, 0.1) is 0 Å². The van der Waals surface area contributed by atoms with Gasteiger partial charge in [-0.05, 0) is 63.0 Å². The van der Waals surface area contributed by atoms with Crippen LogP contribution in [-0.2, 0) is 4.74 Å². The first-order valence-corrected chi connectivity index (χ1v) is 9.88. The van der Waals surface area contributed by atoms with Crippen molar-refractivity contribution in [2.24, 2.45) is 0 Å². The molecule has 4 nitrogen and oxygen atoms in total. The number of benzene rings is 2. The summed E-state index contributed by atoms with van der Waals surface area (Å²) < 4.78 is 5.95. The summed E-state index contributed by atoms with van der Waals surface area (Å²) in [5.74, 6) is -1.64. The third-order valence-electron chi connectivity index (χ3n) is 2.78. The number of halogens is 6. The van der Waals surface area contributed by atoms with Gasteiger partial charge in [0, 0.05) is 8.95 Å². The number of aromatic carboxylic acids is 1. The zero-order valence-corrected chi connectivity index (χ0v) is 19.2. The summed E-state index contributed by atoms with van der Waals surface area (Å²) in [4.78, 5) is 22.0. The highest BCUT2D eigenvalue weighted by Crippen LogP contribution is 2.32. The Balaban J connectivity index is 0.000000263. The molecule has 0 bridgehead atoms. The Hall–Kier alpha value is -0.500. The van der Waals surface area contributed by atoms with E-state index in [0.717, 1.165) is 0 Å². The molecule has 0 saturated heterocycles. The van der Waals surface area contributed by atoms with Gasteiger partial charge in [0.05, 0.1) is 37.8 Å². The van der Waals surface area contributed by atoms with Crippen LogP contribution in [0.5, 0.6) is 0 Å². The molecular weight excluding hydrogens is 558 g/mol. The van der Waals surface area contributed by atoms with Crippen LogP contribution in [-0.4, -0.2) is 23.7 Å². The van der Waals surface area contributed by atoms with Crippen molar-refractivity contribution in [1.82, 2.24) is 0 Å². The fourth-order valence-electron chi connectivity index (χ4n) is 1.64. The third-order valence-corrected chi connectivity index (χ3v) is 5.97. The SMILES string of the molecule is CCOC(=O)c1c(Cl)ccc(Br)c1Cl.O=C(O)c1c(Cl)ccc(Br)c1Cl. The van der Waals surface area contributed by atoms with Crippen LogP contribution < -0.4 is 0 Å². The minimum Gasteiger partial charge on any atom is -0.478 e. The van der Waals surface area contributed by atoms with E-state index in [1.54, 1.807) is 25.1 Å². The average Bonchev–Trinajstić information content (AvgIpc) is 2.56. The zero-order chi connectivity index (χ0) is 20.0. The molecule has 2 rings (SSSR count). The van der Waals surface area contributed by atoms with Crippen molar-refractivity contribution < 1.29 is 19.4 Å². The Labute approximate surface area is 186 Å². The van der Waals surface area contributed by atoms with Gasteiger partial charge in [0.1, 0.15) is 0 Å². The van der Waals surface area contributed by atoms with Crippen LogP contribution in [0.15, 0.2) is 33.2 Å².